The SMILES string of the molecule is c1ccc(-c2noc(CCCN3CCCCCC3)n2)cc1. The van der Waals surface area contributed by atoms with E-state index in [1.165, 1.54) is 38.8 Å². The fourth-order valence-corrected chi connectivity index (χ4v) is 2.87. The lowest BCUT2D eigenvalue weighted by Gasteiger charge is -2.18. The molecule has 0 aliphatic carbocycles. The fraction of sp³-hybridized carbons (Fsp3) is 0.529. The molecule has 4 heteroatoms. The Morgan fingerprint density at radius 1 is 1.00 bits per heavy atom. The smallest absolute Gasteiger partial charge is 0.227 e. The molecule has 1 aliphatic heterocycles. The summed E-state index contributed by atoms with van der Waals surface area (Å²) in [4.78, 5) is 7.06. The van der Waals surface area contributed by atoms with E-state index in [0.29, 0.717) is 5.82 Å². The van der Waals surface area contributed by atoms with Gasteiger partial charge >= 0.3 is 0 Å². The Labute approximate surface area is 126 Å². The van der Waals surface area contributed by atoms with E-state index in [2.05, 4.69) is 15.0 Å². The van der Waals surface area contributed by atoms with Gasteiger partial charge in [-0.05, 0) is 38.9 Å². The molecule has 1 aromatic carbocycles. The average molecular weight is 285 g/mol. The van der Waals surface area contributed by atoms with E-state index >= 15 is 0 Å². The molecule has 0 saturated carbocycles. The number of aromatic nitrogens is 2. The summed E-state index contributed by atoms with van der Waals surface area (Å²) >= 11 is 0. The van der Waals surface area contributed by atoms with E-state index in [4.69, 9.17) is 4.52 Å². The highest BCUT2D eigenvalue weighted by atomic mass is 16.5. The van der Waals surface area contributed by atoms with Crippen molar-refractivity contribution in [2.24, 2.45) is 0 Å². The van der Waals surface area contributed by atoms with Crippen LogP contribution in [-0.2, 0) is 6.42 Å². The first-order valence-corrected chi connectivity index (χ1v) is 8.02. The van der Waals surface area contributed by atoms with E-state index in [9.17, 15) is 0 Å². The van der Waals surface area contributed by atoms with Crippen molar-refractivity contribution in [2.45, 2.75) is 38.5 Å². The van der Waals surface area contributed by atoms with Crippen LogP contribution in [0.1, 0.15) is 38.0 Å². The minimum Gasteiger partial charge on any atom is -0.339 e. The van der Waals surface area contributed by atoms with Gasteiger partial charge in [0.1, 0.15) is 0 Å². The third-order valence-corrected chi connectivity index (χ3v) is 4.06. The van der Waals surface area contributed by atoms with Crippen LogP contribution in [0, 0.1) is 0 Å². The lowest BCUT2D eigenvalue weighted by atomic mass is 10.2. The second-order valence-corrected chi connectivity index (χ2v) is 5.74. The molecule has 1 saturated heterocycles. The summed E-state index contributed by atoms with van der Waals surface area (Å²) in [7, 11) is 0. The first-order chi connectivity index (χ1) is 10.4. The summed E-state index contributed by atoms with van der Waals surface area (Å²) in [6.07, 6.45) is 7.44. The molecule has 1 aromatic heterocycles. The molecule has 1 fully saturated rings. The number of aryl methyl sites for hydroxylation is 1. The predicted molar refractivity (Wildman–Crippen MR) is 83.0 cm³/mol. The molecule has 3 rings (SSSR count). The van der Waals surface area contributed by atoms with Crippen molar-refractivity contribution < 1.29 is 4.52 Å². The van der Waals surface area contributed by atoms with E-state index in [1.54, 1.807) is 0 Å². The van der Waals surface area contributed by atoms with Crippen molar-refractivity contribution in [2.75, 3.05) is 19.6 Å². The minimum absolute atomic E-state index is 0.695. The number of rotatable bonds is 5. The molecule has 1 aliphatic rings. The molecule has 0 atom stereocenters. The maximum atomic E-state index is 5.35. The number of hydrogen-bond donors (Lipinski definition) is 0. The van der Waals surface area contributed by atoms with Gasteiger partial charge in [-0.2, -0.15) is 4.98 Å². The van der Waals surface area contributed by atoms with E-state index in [0.717, 1.165) is 30.8 Å². The zero-order valence-electron chi connectivity index (χ0n) is 12.5. The molecule has 0 bridgehead atoms. The lowest BCUT2D eigenvalue weighted by Crippen LogP contribution is -2.26. The second-order valence-electron chi connectivity index (χ2n) is 5.74. The maximum Gasteiger partial charge on any atom is 0.227 e. The van der Waals surface area contributed by atoms with Crippen molar-refractivity contribution in [1.29, 1.82) is 0 Å². The van der Waals surface area contributed by atoms with Crippen LogP contribution in [0.2, 0.25) is 0 Å². The Morgan fingerprint density at radius 3 is 2.52 bits per heavy atom. The van der Waals surface area contributed by atoms with Crippen molar-refractivity contribution in [1.82, 2.24) is 15.0 Å². The van der Waals surface area contributed by atoms with E-state index in [1.807, 2.05) is 30.3 Å². The van der Waals surface area contributed by atoms with Gasteiger partial charge < -0.3 is 9.42 Å². The Kier molecular flexibility index (Phi) is 5.00. The number of likely N-dealkylation sites (tertiary alicyclic amines) is 1. The van der Waals surface area contributed by atoms with Crippen molar-refractivity contribution in [3.63, 3.8) is 0 Å². The largest absolute Gasteiger partial charge is 0.339 e. The van der Waals surface area contributed by atoms with Crippen LogP contribution in [0.4, 0.5) is 0 Å². The highest BCUT2D eigenvalue weighted by Crippen LogP contribution is 2.16. The third kappa shape index (κ3) is 4.14. The van der Waals surface area contributed by atoms with Crippen LogP contribution in [0.25, 0.3) is 11.4 Å². The first-order valence-electron chi connectivity index (χ1n) is 8.02. The van der Waals surface area contributed by atoms with Gasteiger partial charge in [-0.1, -0.05) is 48.3 Å². The summed E-state index contributed by atoms with van der Waals surface area (Å²) in [6.45, 7) is 3.64. The Morgan fingerprint density at radius 2 is 1.76 bits per heavy atom. The number of hydrogen-bond acceptors (Lipinski definition) is 4. The molecule has 112 valence electrons. The lowest BCUT2D eigenvalue weighted by molar-refractivity contribution is 0.275. The zero-order valence-corrected chi connectivity index (χ0v) is 12.5. The van der Waals surface area contributed by atoms with E-state index in [-0.39, 0.29) is 0 Å². The van der Waals surface area contributed by atoms with Gasteiger partial charge in [0.25, 0.3) is 0 Å². The van der Waals surface area contributed by atoms with Crippen molar-refractivity contribution >= 4 is 0 Å². The highest BCUT2D eigenvalue weighted by Gasteiger charge is 2.11. The molecule has 0 radical (unpaired) electrons. The van der Waals surface area contributed by atoms with Crippen molar-refractivity contribution in [3.05, 3.63) is 36.2 Å². The van der Waals surface area contributed by atoms with Crippen LogP contribution >= 0.6 is 0 Å². The molecule has 0 N–H and O–H groups in total. The molecular formula is C17H23N3O. The van der Waals surface area contributed by atoms with Crippen molar-refractivity contribution in [3.8, 4) is 11.4 Å². The van der Waals surface area contributed by atoms with Crippen LogP contribution in [0.3, 0.4) is 0 Å². The van der Waals surface area contributed by atoms with Gasteiger partial charge in [0.2, 0.25) is 11.7 Å². The van der Waals surface area contributed by atoms with E-state index < -0.39 is 0 Å². The fourth-order valence-electron chi connectivity index (χ4n) is 2.87. The molecule has 2 heterocycles. The van der Waals surface area contributed by atoms with Gasteiger partial charge in [-0.15, -0.1) is 0 Å². The summed E-state index contributed by atoms with van der Waals surface area (Å²) in [5.74, 6) is 1.45. The molecule has 4 nitrogen and oxygen atoms in total. The molecule has 0 amide bonds. The van der Waals surface area contributed by atoms with Crippen LogP contribution in [-0.4, -0.2) is 34.7 Å². The number of benzene rings is 1. The summed E-state index contributed by atoms with van der Waals surface area (Å²) in [5, 5.41) is 4.07. The Hall–Kier alpha value is -1.68. The quantitative estimate of drug-likeness (QED) is 0.842. The highest BCUT2D eigenvalue weighted by molar-refractivity contribution is 5.53. The normalized spacial score (nSPS) is 16.8. The van der Waals surface area contributed by atoms with Gasteiger partial charge in [0.05, 0.1) is 0 Å². The molecule has 2 aromatic rings. The van der Waals surface area contributed by atoms with Gasteiger partial charge in [-0.25, -0.2) is 0 Å². The van der Waals surface area contributed by atoms with Crippen LogP contribution in [0.15, 0.2) is 34.9 Å². The topological polar surface area (TPSA) is 42.2 Å². The summed E-state index contributed by atoms with van der Waals surface area (Å²) < 4.78 is 5.35. The molecule has 0 unspecified atom stereocenters. The molecule has 21 heavy (non-hydrogen) atoms. The molecular weight excluding hydrogens is 262 g/mol. The van der Waals surface area contributed by atoms with Gasteiger partial charge in [0.15, 0.2) is 0 Å². The zero-order chi connectivity index (χ0) is 14.3. The number of nitrogens with zero attached hydrogens (tertiary/aromatic N) is 3. The van der Waals surface area contributed by atoms with Gasteiger partial charge in [0, 0.05) is 12.0 Å². The first kappa shape index (κ1) is 14.3. The molecule has 0 spiro atoms. The average Bonchev–Trinajstić information content (AvgIpc) is 2.84. The summed E-state index contributed by atoms with van der Waals surface area (Å²) in [5.41, 5.74) is 1.01. The van der Waals surface area contributed by atoms with Crippen LogP contribution < -0.4 is 0 Å². The monoisotopic (exact) mass is 285 g/mol. The maximum absolute atomic E-state index is 5.35. The Bertz CT molecular complexity index is 530. The third-order valence-electron chi connectivity index (χ3n) is 4.06. The predicted octanol–water partition coefficient (Wildman–Crippen LogP) is 3.55. The summed E-state index contributed by atoms with van der Waals surface area (Å²) in [6, 6.07) is 9.98. The van der Waals surface area contributed by atoms with Crippen LogP contribution in [0.5, 0.6) is 0 Å². The Balaban J connectivity index is 1.48. The minimum atomic E-state index is 0.695. The van der Waals surface area contributed by atoms with Gasteiger partial charge in [-0.3, -0.25) is 0 Å². The standard InChI is InChI=1S/C17H23N3O/c1-2-7-13-20(12-6-1)14-8-11-16-18-17(19-21-16)15-9-4-3-5-10-15/h3-5,9-10H,1-2,6-8,11-14H2. The second kappa shape index (κ2) is 7.36.